The van der Waals surface area contributed by atoms with Crippen LogP contribution < -0.4 is 10.9 Å². The van der Waals surface area contributed by atoms with Gasteiger partial charge in [-0.2, -0.15) is 0 Å². The van der Waals surface area contributed by atoms with Gasteiger partial charge in [-0.25, -0.2) is 10.9 Å². The van der Waals surface area contributed by atoms with Crippen molar-refractivity contribution in [1.82, 2.24) is 0 Å². The SMILES string of the molecule is CC1C(=O)N(N)c2ccccc2-c2ccccc21. The van der Waals surface area contributed by atoms with Gasteiger partial charge in [0.15, 0.2) is 0 Å². The van der Waals surface area contributed by atoms with Crippen molar-refractivity contribution in [3.05, 3.63) is 54.1 Å². The van der Waals surface area contributed by atoms with E-state index in [-0.39, 0.29) is 11.8 Å². The standard InChI is InChI=1S/C15H14N2O/c1-10-11-6-2-3-7-12(11)13-8-4-5-9-14(13)17(16)15(10)18/h2-10H,16H2,1H3. The van der Waals surface area contributed by atoms with Gasteiger partial charge in [-0.3, -0.25) is 4.79 Å². The first-order chi connectivity index (χ1) is 8.70. The first-order valence-electron chi connectivity index (χ1n) is 5.97. The highest BCUT2D eigenvalue weighted by Crippen LogP contribution is 2.39. The van der Waals surface area contributed by atoms with E-state index in [2.05, 4.69) is 0 Å². The van der Waals surface area contributed by atoms with Crippen LogP contribution in [0.25, 0.3) is 11.1 Å². The van der Waals surface area contributed by atoms with Gasteiger partial charge in [0.1, 0.15) is 0 Å². The summed E-state index contributed by atoms with van der Waals surface area (Å²) >= 11 is 0. The number of fused-ring (bicyclic) bond motifs is 3. The van der Waals surface area contributed by atoms with Gasteiger partial charge >= 0.3 is 0 Å². The van der Waals surface area contributed by atoms with Gasteiger partial charge in [-0.1, -0.05) is 42.5 Å². The highest BCUT2D eigenvalue weighted by atomic mass is 16.2. The van der Waals surface area contributed by atoms with E-state index in [1.54, 1.807) is 0 Å². The summed E-state index contributed by atoms with van der Waals surface area (Å²) in [5.41, 5.74) is 3.89. The molecule has 1 unspecified atom stereocenters. The summed E-state index contributed by atoms with van der Waals surface area (Å²) in [6, 6.07) is 15.7. The number of carbonyl (C=O) groups excluding carboxylic acids is 1. The molecule has 0 spiro atoms. The molecular weight excluding hydrogens is 224 g/mol. The normalized spacial score (nSPS) is 18.0. The summed E-state index contributed by atoms with van der Waals surface area (Å²) in [4.78, 5) is 12.3. The minimum atomic E-state index is -0.224. The van der Waals surface area contributed by atoms with Crippen LogP contribution >= 0.6 is 0 Å². The summed E-state index contributed by atoms with van der Waals surface area (Å²) in [5.74, 6) is 5.64. The van der Waals surface area contributed by atoms with Gasteiger partial charge in [0.2, 0.25) is 5.91 Å². The maximum atomic E-state index is 12.3. The molecule has 2 aromatic rings. The molecule has 0 aromatic heterocycles. The zero-order chi connectivity index (χ0) is 12.7. The Balaban J connectivity index is 2.36. The lowest BCUT2D eigenvalue weighted by Gasteiger charge is -2.18. The zero-order valence-electron chi connectivity index (χ0n) is 10.1. The van der Waals surface area contributed by atoms with E-state index in [4.69, 9.17) is 5.84 Å². The van der Waals surface area contributed by atoms with Crippen LogP contribution in [0.1, 0.15) is 18.4 Å². The van der Waals surface area contributed by atoms with Crippen molar-refractivity contribution in [2.24, 2.45) is 5.84 Å². The molecule has 3 rings (SSSR count). The van der Waals surface area contributed by atoms with E-state index in [0.29, 0.717) is 0 Å². The predicted molar refractivity (Wildman–Crippen MR) is 72.0 cm³/mol. The second-order valence-electron chi connectivity index (χ2n) is 4.53. The molecule has 1 heterocycles. The molecule has 18 heavy (non-hydrogen) atoms. The number of nitrogens with two attached hydrogens (primary N) is 1. The summed E-state index contributed by atoms with van der Waals surface area (Å²) in [6.45, 7) is 1.90. The monoisotopic (exact) mass is 238 g/mol. The summed E-state index contributed by atoms with van der Waals surface area (Å²) < 4.78 is 0. The van der Waals surface area contributed by atoms with Crippen LogP contribution in [0.5, 0.6) is 0 Å². The molecule has 2 aromatic carbocycles. The molecule has 1 aliphatic rings. The Morgan fingerprint density at radius 1 is 1.00 bits per heavy atom. The molecule has 0 saturated heterocycles. The lowest BCUT2D eigenvalue weighted by molar-refractivity contribution is -0.119. The molecule has 0 bridgehead atoms. The van der Waals surface area contributed by atoms with Crippen molar-refractivity contribution < 1.29 is 4.79 Å². The molecule has 0 saturated carbocycles. The lowest BCUT2D eigenvalue weighted by atomic mass is 9.92. The summed E-state index contributed by atoms with van der Waals surface area (Å²) in [5, 5.41) is 1.26. The lowest BCUT2D eigenvalue weighted by Crippen LogP contribution is -2.39. The number of hydrogen-bond acceptors (Lipinski definition) is 2. The van der Waals surface area contributed by atoms with Crippen LogP contribution in [0.15, 0.2) is 48.5 Å². The molecule has 1 amide bonds. The summed E-state index contributed by atoms with van der Waals surface area (Å²) in [6.07, 6.45) is 0. The molecule has 1 aliphatic heterocycles. The van der Waals surface area contributed by atoms with Gasteiger partial charge in [0.05, 0.1) is 11.6 Å². The Hall–Kier alpha value is -2.13. The van der Waals surface area contributed by atoms with Crippen molar-refractivity contribution in [1.29, 1.82) is 0 Å². The van der Waals surface area contributed by atoms with Crippen LogP contribution in [0.2, 0.25) is 0 Å². The maximum Gasteiger partial charge on any atom is 0.248 e. The smallest absolute Gasteiger partial charge is 0.248 e. The van der Waals surface area contributed by atoms with Crippen molar-refractivity contribution in [3.63, 3.8) is 0 Å². The van der Waals surface area contributed by atoms with E-state index in [9.17, 15) is 4.79 Å². The topological polar surface area (TPSA) is 46.3 Å². The minimum Gasteiger partial charge on any atom is -0.272 e. The van der Waals surface area contributed by atoms with E-state index in [0.717, 1.165) is 22.4 Å². The third-order valence-electron chi connectivity index (χ3n) is 3.49. The molecule has 0 aliphatic carbocycles. The third-order valence-corrected chi connectivity index (χ3v) is 3.49. The fourth-order valence-corrected chi connectivity index (χ4v) is 2.49. The van der Waals surface area contributed by atoms with Crippen LogP contribution in [0.3, 0.4) is 0 Å². The number of benzene rings is 2. The average molecular weight is 238 g/mol. The first-order valence-corrected chi connectivity index (χ1v) is 5.97. The third kappa shape index (κ3) is 1.45. The number of hydrogen-bond donors (Lipinski definition) is 1. The molecule has 2 N–H and O–H groups in total. The molecule has 3 nitrogen and oxygen atoms in total. The fourth-order valence-electron chi connectivity index (χ4n) is 2.49. The number of carbonyl (C=O) groups is 1. The predicted octanol–water partition coefficient (Wildman–Crippen LogP) is 2.68. The van der Waals surface area contributed by atoms with Crippen molar-refractivity contribution in [2.75, 3.05) is 5.01 Å². The largest absolute Gasteiger partial charge is 0.272 e. The Morgan fingerprint density at radius 3 is 2.39 bits per heavy atom. The number of rotatable bonds is 0. The van der Waals surface area contributed by atoms with Crippen LogP contribution in [0.4, 0.5) is 5.69 Å². The molecule has 0 radical (unpaired) electrons. The quantitative estimate of drug-likeness (QED) is 0.566. The van der Waals surface area contributed by atoms with E-state index < -0.39 is 0 Å². The zero-order valence-corrected chi connectivity index (χ0v) is 10.1. The first kappa shape index (κ1) is 11.0. The number of anilines is 1. The van der Waals surface area contributed by atoms with E-state index >= 15 is 0 Å². The second-order valence-corrected chi connectivity index (χ2v) is 4.53. The molecule has 90 valence electrons. The van der Waals surface area contributed by atoms with Crippen LogP contribution in [-0.2, 0) is 4.79 Å². The van der Waals surface area contributed by atoms with Crippen LogP contribution in [-0.4, -0.2) is 5.91 Å². The number of para-hydroxylation sites is 1. The molecular formula is C15H14N2O. The van der Waals surface area contributed by atoms with Crippen molar-refractivity contribution >= 4 is 11.6 Å². The Morgan fingerprint density at radius 2 is 1.61 bits per heavy atom. The van der Waals surface area contributed by atoms with Crippen LogP contribution in [0, 0.1) is 0 Å². The van der Waals surface area contributed by atoms with Gasteiger partial charge in [-0.05, 0) is 24.1 Å². The fraction of sp³-hybridized carbons (Fsp3) is 0.133. The van der Waals surface area contributed by atoms with E-state index in [1.807, 2.05) is 55.5 Å². The number of amides is 1. The number of hydrazine groups is 1. The Kier molecular flexibility index (Phi) is 2.42. The van der Waals surface area contributed by atoms with Crippen molar-refractivity contribution in [2.45, 2.75) is 12.8 Å². The highest BCUT2D eigenvalue weighted by molar-refractivity contribution is 6.04. The molecule has 0 fully saturated rings. The van der Waals surface area contributed by atoms with Gasteiger partial charge in [-0.15, -0.1) is 0 Å². The molecule has 1 atom stereocenters. The minimum absolute atomic E-state index is 0.0765. The van der Waals surface area contributed by atoms with Gasteiger partial charge in [0.25, 0.3) is 0 Å². The average Bonchev–Trinajstić information content (AvgIpc) is 2.51. The molecule has 3 heteroatoms. The maximum absolute atomic E-state index is 12.3. The Bertz CT molecular complexity index is 568. The van der Waals surface area contributed by atoms with Crippen molar-refractivity contribution in [3.8, 4) is 11.1 Å². The number of nitrogens with zero attached hydrogens (tertiary/aromatic N) is 1. The summed E-state index contributed by atoms with van der Waals surface area (Å²) in [7, 11) is 0. The highest BCUT2D eigenvalue weighted by Gasteiger charge is 2.29. The Labute approximate surface area is 106 Å². The second kappa shape index (κ2) is 3.96. The van der Waals surface area contributed by atoms with E-state index in [1.165, 1.54) is 5.01 Å². The van der Waals surface area contributed by atoms with Gasteiger partial charge < -0.3 is 0 Å². The van der Waals surface area contributed by atoms with Gasteiger partial charge in [0, 0.05) is 5.56 Å².